The van der Waals surface area contributed by atoms with E-state index in [1.807, 2.05) is 75.4 Å². The average molecular weight is 438 g/mol. The second kappa shape index (κ2) is 8.38. The summed E-state index contributed by atoms with van der Waals surface area (Å²) in [4.78, 5) is 18.0. The zero-order valence-corrected chi connectivity index (χ0v) is 18.3. The van der Waals surface area contributed by atoms with Crippen LogP contribution in [0.4, 0.5) is 0 Å². The van der Waals surface area contributed by atoms with E-state index in [0.717, 1.165) is 16.9 Å². The van der Waals surface area contributed by atoms with Crippen LogP contribution in [0.3, 0.4) is 0 Å². The van der Waals surface area contributed by atoms with Crippen molar-refractivity contribution in [2.24, 2.45) is 0 Å². The third-order valence-corrected chi connectivity index (χ3v) is 6.23. The Bertz CT molecular complexity index is 1180. The van der Waals surface area contributed by atoms with Crippen LogP contribution in [0.1, 0.15) is 39.6 Å². The molecule has 4 rings (SSSR count). The number of rotatable bonds is 5. The molecule has 0 saturated carbocycles. The van der Waals surface area contributed by atoms with Crippen molar-refractivity contribution in [3.05, 3.63) is 81.4 Å². The minimum absolute atomic E-state index is 0.101. The topological polar surface area (TPSA) is 72.7 Å². The van der Waals surface area contributed by atoms with Gasteiger partial charge in [-0.3, -0.25) is 4.79 Å². The molecule has 0 aliphatic rings. The van der Waals surface area contributed by atoms with E-state index in [1.165, 1.54) is 11.3 Å². The van der Waals surface area contributed by atoms with Crippen molar-refractivity contribution in [1.82, 2.24) is 25.3 Å². The van der Waals surface area contributed by atoms with E-state index in [9.17, 15) is 4.79 Å². The predicted molar refractivity (Wildman–Crippen MR) is 119 cm³/mol. The van der Waals surface area contributed by atoms with Gasteiger partial charge in [0.15, 0.2) is 0 Å². The smallest absolute Gasteiger partial charge is 0.263 e. The van der Waals surface area contributed by atoms with E-state index in [1.54, 1.807) is 4.68 Å². The van der Waals surface area contributed by atoms with Gasteiger partial charge in [-0.2, -0.15) is 0 Å². The first-order valence-electron chi connectivity index (χ1n) is 9.46. The third kappa shape index (κ3) is 3.99. The molecule has 2 aromatic heterocycles. The quantitative estimate of drug-likeness (QED) is 0.468. The number of carbonyl (C=O) groups is 1. The number of halogens is 1. The number of nitrogens with one attached hydrogen (secondary N) is 1. The highest BCUT2D eigenvalue weighted by molar-refractivity contribution is 7.17. The van der Waals surface area contributed by atoms with Gasteiger partial charge in [-0.25, -0.2) is 9.67 Å². The normalized spacial score (nSPS) is 12.0. The maximum atomic E-state index is 12.8. The van der Waals surface area contributed by atoms with E-state index < -0.39 is 0 Å². The van der Waals surface area contributed by atoms with Crippen LogP contribution in [0.5, 0.6) is 0 Å². The lowest BCUT2D eigenvalue weighted by molar-refractivity contribution is 0.0943. The summed E-state index contributed by atoms with van der Waals surface area (Å²) in [7, 11) is 0. The fraction of sp³-hybridized carbons (Fsp3) is 0.182. The van der Waals surface area contributed by atoms with E-state index in [0.29, 0.717) is 26.3 Å². The van der Waals surface area contributed by atoms with Gasteiger partial charge in [-0.1, -0.05) is 47.1 Å². The summed E-state index contributed by atoms with van der Waals surface area (Å²) >= 11 is 7.30. The molecule has 0 bridgehead atoms. The summed E-state index contributed by atoms with van der Waals surface area (Å²) in [5.74, 6) is -0.143. The van der Waals surface area contributed by atoms with Gasteiger partial charge in [0.2, 0.25) is 0 Å². The molecule has 0 unspecified atom stereocenters. The molecule has 0 spiro atoms. The third-order valence-electron chi connectivity index (χ3n) is 4.82. The minimum atomic E-state index is -0.143. The van der Waals surface area contributed by atoms with Crippen LogP contribution in [-0.4, -0.2) is 25.9 Å². The van der Waals surface area contributed by atoms with E-state index in [2.05, 4.69) is 20.6 Å². The standard InChI is InChI=1S/C22H20ClN5OS/c1-13(16-7-5-4-6-8-16)24-21(29)20-14(2)25-22(30-20)19-15(3)28(27-26-19)18-11-9-17(23)10-12-18/h4-13H,1-3H3,(H,24,29)/t13-/m0/s1. The van der Waals surface area contributed by atoms with Gasteiger partial charge in [-0.05, 0) is 50.6 Å². The van der Waals surface area contributed by atoms with E-state index >= 15 is 0 Å². The SMILES string of the molecule is Cc1nc(-c2nnn(-c3ccc(Cl)cc3)c2C)sc1C(=O)N[C@@H](C)c1ccccc1. The first-order chi connectivity index (χ1) is 14.4. The second-order valence-corrected chi connectivity index (χ2v) is 8.39. The van der Waals surface area contributed by atoms with Crippen molar-refractivity contribution in [3.63, 3.8) is 0 Å². The fourth-order valence-electron chi connectivity index (χ4n) is 3.15. The van der Waals surface area contributed by atoms with Gasteiger partial charge in [-0.15, -0.1) is 16.4 Å². The Morgan fingerprint density at radius 2 is 1.80 bits per heavy atom. The van der Waals surface area contributed by atoms with Gasteiger partial charge < -0.3 is 5.32 Å². The predicted octanol–water partition coefficient (Wildman–Crippen LogP) is 5.15. The summed E-state index contributed by atoms with van der Waals surface area (Å²) in [5.41, 5.74) is 4.09. The molecule has 2 heterocycles. The van der Waals surface area contributed by atoms with Crippen molar-refractivity contribution in [2.75, 3.05) is 0 Å². The molecule has 1 atom stereocenters. The number of hydrogen-bond acceptors (Lipinski definition) is 5. The molecule has 0 aliphatic carbocycles. The van der Waals surface area contributed by atoms with Crippen LogP contribution >= 0.6 is 22.9 Å². The molecule has 0 aliphatic heterocycles. The minimum Gasteiger partial charge on any atom is -0.345 e. The van der Waals surface area contributed by atoms with E-state index in [-0.39, 0.29) is 11.9 Å². The number of carbonyl (C=O) groups excluding carboxylic acids is 1. The summed E-state index contributed by atoms with van der Waals surface area (Å²) in [6.45, 7) is 5.73. The summed E-state index contributed by atoms with van der Waals surface area (Å²) in [6, 6.07) is 17.1. The van der Waals surface area contributed by atoms with Crippen LogP contribution in [0.25, 0.3) is 16.4 Å². The highest BCUT2D eigenvalue weighted by Gasteiger charge is 2.22. The van der Waals surface area contributed by atoms with Gasteiger partial charge in [0, 0.05) is 5.02 Å². The molecule has 30 heavy (non-hydrogen) atoms. The molecule has 8 heteroatoms. The van der Waals surface area contributed by atoms with Gasteiger partial charge >= 0.3 is 0 Å². The molecule has 0 radical (unpaired) electrons. The van der Waals surface area contributed by atoms with Crippen molar-refractivity contribution in [3.8, 4) is 16.4 Å². The lowest BCUT2D eigenvalue weighted by Crippen LogP contribution is -2.26. The first kappa shape index (κ1) is 20.3. The lowest BCUT2D eigenvalue weighted by atomic mass is 10.1. The van der Waals surface area contributed by atoms with Crippen molar-refractivity contribution in [2.45, 2.75) is 26.8 Å². The highest BCUT2D eigenvalue weighted by atomic mass is 35.5. The number of hydrogen-bond donors (Lipinski definition) is 1. The summed E-state index contributed by atoms with van der Waals surface area (Å²) in [5, 5.41) is 12.9. The Kier molecular flexibility index (Phi) is 5.65. The number of amides is 1. The Balaban J connectivity index is 1.58. The fourth-order valence-corrected chi connectivity index (χ4v) is 4.28. The Hall–Kier alpha value is -3.03. The van der Waals surface area contributed by atoms with Crippen molar-refractivity contribution in [1.29, 1.82) is 0 Å². The Morgan fingerprint density at radius 3 is 2.50 bits per heavy atom. The maximum absolute atomic E-state index is 12.8. The molecule has 6 nitrogen and oxygen atoms in total. The maximum Gasteiger partial charge on any atom is 0.263 e. The monoisotopic (exact) mass is 437 g/mol. The van der Waals surface area contributed by atoms with Gasteiger partial charge in [0.05, 0.1) is 23.1 Å². The number of benzene rings is 2. The molecule has 152 valence electrons. The number of aryl methyl sites for hydroxylation is 1. The van der Waals surface area contributed by atoms with E-state index in [4.69, 9.17) is 11.6 Å². The van der Waals surface area contributed by atoms with Crippen molar-refractivity contribution >= 4 is 28.8 Å². The van der Waals surface area contributed by atoms with Crippen LogP contribution in [-0.2, 0) is 0 Å². The molecule has 4 aromatic rings. The first-order valence-corrected chi connectivity index (χ1v) is 10.7. The van der Waals surface area contributed by atoms with Crippen molar-refractivity contribution < 1.29 is 4.79 Å². The second-order valence-electron chi connectivity index (χ2n) is 6.95. The Morgan fingerprint density at radius 1 is 1.10 bits per heavy atom. The number of aromatic nitrogens is 4. The van der Waals surface area contributed by atoms with Crippen LogP contribution in [0.15, 0.2) is 54.6 Å². The number of nitrogens with zero attached hydrogens (tertiary/aromatic N) is 4. The van der Waals surface area contributed by atoms with Gasteiger partial charge in [0.25, 0.3) is 5.91 Å². The molecule has 1 N–H and O–H groups in total. The summed E-state index contributed by atoms with van der Waals surface area (Å²) < 4.78 is 1.74. The molecule has 1 amide bonds. The zero-order valence-electron chi connectivity index (χ0n) is 16.8. The van der Waals surface area contributed by atoms with Gasteiger partial charge in [0.1, 0.15) is 15.6 Å². The summed E-state index contributed by atoms with van der Waals surface area (Å²) in [6.07, 6.45) is 0. The molecule has 2 aromatic carbocycles. The molecular formula is C22H20ClN5OS. The molecule has 0 saturated heterocycles. The number of thiazole rings is 1. The van der Waals surface area contributed by atoms with Crippen LogP contribution in [0.2, 0.25) is 5.02 Å². The zero-order chi connectivity index (χ0) is 21.3. The lowest BCUT2D eigenvalue weighted by Gasteiger charge is -2.13. The molecular weight excluding hydrogens is 418 g/mol. The van der Waals surface area contributed by atoms with Crippen LogP contribution < -0.4 is 5.32 Å². The average Bonchev–Trinajstić information content (AvgIpc) is 3.32. The largest absolute Gasteiger partial charge is 0.345 e. The Labute approximate surface area is 183 Å². The molecule has 0 fully saturated rings. The highest BCUT2D eigenvalue weighted by Crippen LogP contribution is 2.30. The van der Waals surface area contributed by atoms with Crippen LogP contribution in [0, 0.1) is 13.8 Å².